The number of halogens is 4. The van der Waals surface area contributed by atoms with Crippen molar-refractivity contribution in [2.75, 3.05) is 31.1 Å². The van der Waals surface area contributed by atoms with Gasteiger partial charge < -0.3 is 10.0 Å². The summed E-state index contributed by atoms with van der Waals surface area (Å²) in [7, 11) is -3.72. The number of alkyl halides is 3. The van der Waals surface area contributed by atoms with Crippen LogP contribution >= 0.6 is 11.6 Å². The van der Waals surface area contributed by atoms with Crippen molar-refractivity contribution >= 4 is 27.3 Å². The first-order valence-electron chi connectivity index (χ1n) is 8.84. The third-order valence-corrected chi connectivity index (χ3v) is 7.44. The van der Waals surface area contributed by atoms with E-state index in [1.54, 1.807) is 12.1 Å². The second-order valence-electron chi connectivity index (χ2n) is 6.94. The average molecular weight is 449 g/mol. The van der Waals surface area contributed by atoms with Crippen molar-refractivity contribution < 1.29 is 26.7 Å². The topological polar surface area (TPSA) is 60.9 Å². The first kappa shape index (κ1) is 21.9. The van der Waals surface area contributed by atoms with Gasteiger partial charge in [-0.25, -0.2) is 8.42 Å². The molecule has 2 aromatic carbocycles. The minimum atomic E-state index is -4.78. The third-order valence-electron chi connectivity index (χ3n) is 5.04. The largest absolute Gasteiger partial charge is 0.421 e. The Hall–Kier alpha value is -1.81. The molecule has 1 atom stereocenters. The van der Waals surface area contributed by atoms with E-state index in [-0.39, 0.29) is 28.6 Å². The highest BCUT2D eigenvalue weighted by molar-refractivity contribution is 7.89. The van der Waals surface area contributed by atoms with E-state index < -0.39 is 21.8 Å². The smallest absolute Gasteiger partial charge is 0.376 e. The molecule has 3 rings (SSSR count). The molecule has 0 amide bonds. The molecule has 0 bridgehead atoms. The summed E-state index contributed by atoms with van der Waals surface area (Å²) in [6, 6.07) is 11.7. The van der Waals surface area contributed by atoms with Crippen LogP contribution in [0.1, 0.15) is 12.5 Å². The van der Waals surface area contributed by atoms with Crippen molar-refractivity contribution in [3.63, 3.8) is 0 Å². The Kier molecular flexibility index (Phi) is 5.88. The van der Waals surface area contributed by atoms with Gasteiger partial charge >= 0.3 is 6.18 Å². The number of aliphatic hydroxyl groups is 1. The highest BCUT2D eigenvalue weighted by Crippen LogP contribution is 2.39. The van der Waals surface area contributed by atoms with Crippen LogP contribution in [0.2, 0.25) is 5.02 Å². The summed E-state index contributed by atoms with van der Waals surface area (Å²) < 4.78 is 65.8. The number of piperazine rings is 1. The van der Waals surface area contributed by atoms with Gasteiger partial charge in [-0.2, -0.15) is 17.5 Å². The van der Waals surface area contributed by atoms with Gasteiger partial charge in [0.15, 0.2) is 5.60 Å². The molecule has 1 unspecified atom stereocenters. The van der Waals surface area contributed by atoms with E-state index in [2.05, 4.69) is 0 Å². The van der Waals surface area contributed by atoms with Crippen LogP contribution < -0.4 is 4.90 Å². The number of hydrogen-bond donors (Lipinski definition) is 1. The second kappa shape index (κ2) is 7.79. The summed E-state index contributed by atoms with van der Waals surface area (Å²) >= 11 is 6.02. The van der Waals surface area contributed by atoms with Gasteiger partial charge in [0.05, 0.1) is 5.02 Å². The van der Waals surface area contributed by atoms with Gasteiger partial charge in [0.1, 0.15) is 4.90 Å². The standard InChI is InChI=1S/C19H20ClF3N2O3S/c1-18(26,19(21,22)23)14-6-8-15(9-7-14)24-10-12-25(13-11-24)29(27,28)17-5-3-2-4-16(17)20/h2-9,26H,10-13H2,1H3. The quantitative estimate of drug-likeness (QED) is 0.776. The molecule has 158 valence electrons. The summed E-state index contributed by atoms with van der Waals surface area (Å²) in [5.41, 5.74) is -2.54. The molecule has 5 nitrogen and oxygen atoms in total. The molecule has 0 spiro atoms. The fraction of sp³-hybridized carbons (Fsp3) is 0.368. The van der Waals surface area contributed by atoms with Crippen LogP contribution in [0.25, 0.3) is 0 Å². The zero-order valence-corrected chi connectivity index (χ0v) is 17.1. The van der Waals surface area contributed by atoms with Crippen molar-refractivity contribution in [2.24, 2.45) is 0 Å². The lowest BCUT2D eigenvalue weighted by Gasteiger charge is -2.36. The Morgan fingerprint density at radius 2 is 1.52 bits per heavy atom. The lowest BCUT2D eigenvalue weighted by molar-refractivity contribution is -0.258. The van der Waals surface area contributed by atoms with Gasteiger partial charge in [-0.1, -0.05) is 35.9 Å². The molecule has 29 heavy (non-hydrogen) atoms. The molecule has 1 aliphatic heterocycles. The third kappa shape index (κ3) is 4.23. The number of rotatable bonds is 4. The molecule has 1 aliphatic rings. The fourth-order valence-electron chi connectivity index (χ4n) is 3.14. The lowest BCUT2D eigenvalue weighted by Crippen LogP contribution is -2.48. The molecule has 0 aromatic heterocycles. The molecule has 1 heterocycles. The summed E-state index contributed by atoms with van der Waals surface area (Å²) in [6.07, 6.45) is -4.78. The monoisotopic (exact) mass is 448 g/mol. The Balaban J connectivity index is 1.71. The minimum Gasteiger partial charge on any atom is -0.376 e. The van der Waals surface area contributed by atoms with E-state index >= 15 is 0 Å². The molecule has 2 aromatic rings. The maximum Gasteiger partial charge on any atom is 0.421 e. The van der Waals surface area contributed by atoms with Crippen LogP contribution in [0.15, 0.2) is 53.4 Å². The van der Waals surface area contributed by atoms with Gasteiger partial charge in [-0.3, -0.25) is 0 Å². The predicted octanol–water partition coefficient (Wildman–Crippen LogP) is 3.62. The molecular formula is C19H20ClF3N2O3S. The number of nitrogens with zero attached hydrogens (tertiary/aromatic N) is 2. The van der Waals surface area contributed by atoms with Crippen LogP contribution in [0.5, 0.6) is 0 Å². The Morgan fingerprint density at radius 1 is 0.966 bits per heavy atom. The average Bonchev–Trinajstić information content (AvgIpc) is 2.67. The van der Waals surface area contributed by atoms with Crippen LogP contribution in [-0.2, 0) is 15.6 Å². The first-order chi connectivity index (χ1) is 13.4. The van der Waals surface area contributed by atoms with Crippen LogP contribution in [-0.4, -0.2) is 50.2 Å². The maximum atomic E-state index is 13.0. The van der Waals surface area contributed by atoms with Crippen molar-refractivity contribution in [3.05, 3.63) is 59.1 Å². The normalized spacial score (nSPS) is 18.5. The van der Waals surface area contributed by atoms with E-state index in [9.17, 15) is 26.7 Å². The molecule has 1 fully saturated rings. The van der Waals surface area contributed by atoms with Gasteiger partial charge in [0.25, 0.3) is 0 Å². The highest BCUT2D eigenvalue weighted by atomic mass is 35.5. The van der Waals surface area contributed by atoms with Gasteiger partial charge in [-0.05, 0) is 36.8 Å². The molecular weight excluding hydrogens is 429 g/mol. The van der Waals surface area contributed by atoms with Crippen LogP contribution in [0, 0.1) is 0 Å². The van der Waals surface area contributed by atoms with Crippen molar-refractivity contribution in [3.8, 4) is 0 Å². The SMILES string of the molecule is CC(O)(c1ccc(N2CCN(S(=O)(=O)c3ccccc3Cl)CC2)cc1)C(F)(F)F. The number of sulfonamides is 1. The first-order valence-corrected chi connectivity index (χ1v) is 10.7. The highest BCUT2D eigenvalue weighted by Gasteiger charge is 2.51. The van der Waals surface area contributed by atoms with Gasteiger partial charge in [-0.15, -0.1) is 0 Å². The van der Waals surface area contributed by atoms with Gasteiger partial charge in [0.2, 0.25) is 10.0 Å². The Bertz CT molecular complexity index is 971. The van der Waals surface area contributed by atoms with Crippen molar-refractivity contribution in [1.29, 1.82) is 0 Å². The van der Waals surface area contributed by atoms with Crippen molar-refractivity contribution in [1.82, 2.24) is 4.31 Å². The summed E-state index contributed by atoms with van der Waals surface area (Å²) in [5.74, 6) is 0. The summed E-state index contributed by atoms with van der Waals surface area (Å²) in [5, 5.41) is 9.91. The Morgan fingerprint density at radius 3 is 2.03 bits per heavy atom. The lowest BCUT2D eigenvalue weighted by atomic mass is 9.95. The van der Waals surface area contributed by atoms with E-state index in [0.29, 0.717) is 25.7 Å². The molecule has 1 N–H and O–H groups in total. The molecule has 10 heteroatoms. The van der Waals surface area contributed by atoms with Crippen molar-refractivity contribution in [2.45, 2.75) is 23.6 Å². The second-order valence-corrected chi connectivity index (χ2v) is 9.25. The number of anilines is 1. The maximum absolute atomic E-state index is 13.0. The molecule has 0 saturated carbocycles. The van der Waals surface area contributed by atoms with E-state index in [1.165, 1.54) is 40.7 Å². The van der Waals surface area contributed by atoms with Gasteiger partial charge in [0, 0.05) is 31.9 Å². The number of benzene rings is 2. The molecule has 0 radical (unpaired) electrons. The van der Waals surface area contributed by atoms with Crippen LogP contribution in [0.4, 0.5) is 18.9 Å². The predicted molar refractivity (Wildman–Crippen MR) is 104 cm³/mol. The van der Waals surface area contributed by atoms with E-state index in [1.807, 2.05) is 4.90 Å². The van der Waals surface area contributed by atoms with E-state index in [4.69, 9.17) is 11.6 Å². The van der Waals surface area contributed by atoms with E-state index in [0.717, 1.165) is 0 Å². The molecule has 1 saturated heterocycles. The minimum absolute atomic E-state index is 0.0499. The summed E-state index contributed by atoms with van der Waals surface area (Å²) in [4.78, 5) is 1.93. The molecule has 0 aliphatic carbocycles. The number of hydrogen-bond acceptors (Lipinski definition) is 4. The summed E-state index contributed by atoms with van der Waals surface area (Å²) in [6.45, 7) is 1.89. The zero-order valence-electron chi connectivity index (χ0n) is 15.5. The van der Waals surface area contributed by atoms with Crippen LogP contribution in [0.3, 0.4) is 0 Å². The zero-order chi connectivity index (χ0) is 21.4. The Labute approximate surface area is 172 Å². The fourth-order valence-corrected chi connectivity index (χ4v) is 5.06.